The van der Waals surface area contributed by atoms with Crippen molar-refractivity contribution in [3.63, 3.8) is 0 Å². The van der Waals surface area contributed by atoms with Gasteiger partial charge in [0.25, 0.3) is 0 Å². The first kappa shape index (κ1) is 16.9. The molecule has 0 aliphatic carbocycles. The third-order valence-electron chi connectivity index (χ3n) is 4.34. The summed E-state index contributed by atoms with van der Waals surface area (Å²) >= 11 is 3.56. The maximum Gasteiger partial charge on any atom is 0.0434 e. The zero-order chi connectivity index (χ0) is 15.1. The first-order valence-corrected chi connectivity index (χ1v) is 8.84. The van der Waals surface area contributed by atoms with Crippen LogP contribution in [0.2, 0.25) is 0 Å². The van der Waals surface area contributed by atoms with Crippen LogP contribution in [-0.4, -0.2) is 42.8 Å². The minimum absolute atomic E-state index is 0.330. The van der Waals surface area contributed by atoms with Gasteiger partial charge in [0.2, 0.25) is 0 Å². The Hall–Kier alpha value is -0.420. The van der Waals surface area contributed by atoms with Gasteiger partial charge in [0, 0.05) is 23.7 Å². The summed E-state index contributed by atoms with van der Waals surface area (Å²) in [5.74, 6) is 0.693. The number of aliphatic hydroxyl groups is 1. The molecule has 2 rings (SSSR count). The number of hydrogen-bond donors (Lipinski definition) is 2. The molecule has 1 aromatic carbocycles. The van der Waals surface area contributed by atoms with Gasteiger partial charge in [0.1, 0.15) is 0 Å². The van der Waals surface area contributed by atoms with Gasteiger partial charge in [0.05, 0.1) is 0 Å². The molecule has 1 aliphatic heterocycles. The lowest BCUT2D eigenvalue weighted by Gasteiger charge is -2.22. The number of likely N-dealkylation sites (tertiary alicyclic amines) is 1. The van der Waals surface area contributed by atoms with Gasteiger partial charge in [0.15, 0.2) is 0 Å². The van der Waals surface area contributed by atoms with Crippen molar-refractivity contribution < 1.29 is 5.11 Å². The van der Waals surface area contributed by atoms with Crippen LogP contribution < -0.4 is 5.32 Å². The topological polar surface area (TPSA) is 35.5 Å². The molecule has 0 bridgehead atoms. The predicted molar refractivity (Wildman–Crippen MR) is 91.4 cm³/mol. The van der Waals surface area contributed by atoms with Crippen LogP contribution in [0.5, 0.6) is 0 Å². The number of halogens is 1. The van der Waals surface area contributed by atoms with E-state index < -0.39 is 0 Å². The number of nitrogens with zero attached hydrogens (tertiary/aromatic N) is 1. The fraction of sp³-hybridized carbons (Fsp3) is 0.647. The van der Waals surface area contributed by atoms with Gasteiger partial charge in [-0.1, -0.05) is 35.0 Å². The molecule has 0 radical (unpaired) electrons. The summed E-state index contributed by atoms with van der Waals surface area (Å²) in [5.41, 5.74) is 1.36. The Morgan fingerprint density at radius 3 is 3.05 bits per heavy atom. The molecule has 21 heavy (non-hydrogen) atoms. The second-order valence-electron chi connectivity index (χ2n) is 5.92. The van der Waals surface area contributed by atoms with Gasteiger partial charge in [-0.15, -0.1) is 0 Å². The molecule has 118 valence electrons. The minimum Gasteiger partial charge on any atom is -0.396 e. The molecule has 2 atom stereocenters. The monoisotopic (exact) mass is 354 g/mol. The smallest absolute Gasteiger partial charge is 0.0434 e. The summed E-state index contributed by atoms with van der Waals surface area (Å²) in [6.45, 7) is 6.95. The molecule has 4 heteroatoms. The Bertz CT molecular complexity index is 427. The molecule has 1 aromatic rings. The van der Waals surface area contributed by atoms with E-state index in [2.05, 4.69) is 57.3 Å². The van der Waals surface area contributed by atoms with Crippen LogP contribution in [0.15, 0.2) is 28.7 Å². The summed E-state index contributed by atoms with van der Waals surface area (Å²) in [4.78, 5) is 2.54. The van der Waals surface area contributed by atoms with Gasteiger partial charge in [-0.3, -0.25) is 0 Å². The number of benzene rings is 1. The second-order valence-corrected chi connectivity index (χ2v) is 6.84. The number of aliphatic hydroxyl groups excluding tert-OH is 1. The van der Waals surface area contributed by atoms with E-state index in [1.807, 2.05) is 0 Å². The van der Waals surface area contributed by atoms with Crippen LogP contribution in [0.3, 0.4) is 0 Å². The van der Waals surface area contributed by atoms with Crippen LogP contribution in [0.25, 0.3) is 0 Å². The Morgan fingerprint density at radius 2 is 2.33 bits per heavy atom. The molecule has 2 N–H and O–H groups in total. The molecular weight excluding hydrogens is 328 g/mol. The number of rotatable bonds is 8. The molecule has 2 unspecified atom stereocenters. The highest BCUT2D eigenvalue weighted by Crippen LogP contribution is 2.24. The van der Waals surface area contributed by atoms with E-state index in [1.165, 1.54) is 18.5 Å². The van der Waals surface area contributed by atoms with E-state index in [0.717, 1.165) is 36.9 Å². The molecule has 3 nitrogen and oxygen atoms in total. The molecule has 1 aliphatic rings. The van der Waals surface area contributed by atoms with E-state index in [1.54, 1.807) is 0 Å². The van der Waals surface area contributed by atoms with Crippen LogP contribution in [0.4, 0.5) is 0 Å². The summed E-state index contributed by atoms with van der Waals surface area (Å²) in [7, 11) is 0. The van der Waals surface area contributed by atoms with E-state index in [-0.39, 0.29) is 0 Å². The van der Waals surface area contributed by atoms with Gasteiger partial charge in [-0.25, -0.2) is 0 Å². The zero-order valence-corrected chi connectivity index (χ0v) is 14.5. The summed E-state index contributed by atoms with van der Waals surface area (Å²) in [6, 6.07) is 9.02. The standard InChI is InChI=1S/C17H27BrN2O/c1-2-19-17(15-4-3-5-16(18)12-15)7-10-20-9-6-14(13-20)8-11-21/h3-5,12,14,17,19,21H,2,6-11,13H2,1H3. The fourth-order valence-corrected chi connectivity index (χ4v) is 3.62. The van der Waals surface area contributed by atoms with Crippen molar-refractivity contribution in [2.24, 2.45) is 5.92 Å². The molecule has 1 fully saturated rings. The van der Waals surface area contributed by atoms with Crippen molar-refractivity contribution in [3.05, 3.63) is 34.3 Å². The lowest BCUT2D eigenvalue weighted by Crippen LogP contribution is -2.28. The molecule has 0 spiro atoms. The molecule has 1 saturated heterocycles. The Labute approximate surface area is 136 Å². The average molecular weight is 355 g/mol. The van der Waals surface area contributed by atoms with Crippen molar-refractivity contribution in [3.8, 4) is 0 Å². The van der Waals surface area contributed by atoms with Crippen LogP contribution >= 0.6 is 15.9 Å². The lowest BCUT2D eigenvalue weighted by molar-refractivity contribution is 0.248. The van der Waals surface area contributed by atoms with Crippen molar-refractivity contribution in [1.29, 1.82) is 0 Å². The van der Waals surface area contributed by atoms with Crippen molar-refractivity contribution in [1.82, 2.24) is 10.2 Å². The molecular formula is C17H27BrN2O. The van der Waals surface area contributed by atoms with Crippen molar-refractivity contribution >= 4 is 15.9 Å². The highest BCUT2D eigenvalue weighted by Gasteiger charge is 2.22. The summed E-state index contributed by atoms with van der Waals surface area (Å²) in [5, 5.41) is 12.6. The highest BCUT2D eigenvalue weighted by molar-refractivity contribution is 9.10. The van der Waals surface area contributed by atoms with E-state index >= 15 is 0 Å². The van der Waals surface area contributed by atoms with Gasteiger partial charge >= 0.3 is 0 Å². The summed E-state index contributed by atoms with van der Waals surface area (Å²) < 4.78 is 1.15. The van der Waals surface area contributed by atoms with E-state index in [0.29, 0.717) is 18.6 Å². The molecule has 1 heterocycles. The maximum absolute atomic E-state index is 9.04. The molecule has 0 amide bonds. The Kier molecular flexibility index (Phi) is 7.17. The first-order valence-electron chi connectivity index (χ1n) is 8.05. The van der Waals surface area contributed by atoms with Crippen molar-refractivity contribution in [2.75, 3.05) is 32.8 Å². The van der Waals surface area contributed by atoms with E-state index in [4.69, 9.17) is 5.11 Å². The average Bonchev–Trinajstić information content (AvgIpc) is 2.91. The largest absolute Gasteiger partial charge is 0.396 e. The number of nitrogens with one attached hydrogen (secondary N) is 1. The lowest BCUT2D eigenvalue weighted by atomic mass is 10.0. The third kappa shape index (κ3) is 5.37. The zero-order valence-electron chi connectivity index (χ0n) is 12.9. The second kappa shape index (κ2) is 8.89. The summed E-state index contributed by atoms with van der Waals surface area (Å²) in [6.07, 6.45) is 3.33. The van der Waals surface area contributed by atoms with Crippen LogP contribution in [0.1, 0.15) is 37.8 Å². The molecule has 0 saturated carbocycles. The van der Waals surface area contributed by atoms with Crippen molar-refractivity contribution in [2.45, 2.75) is 32.2 Å². The van der Waals surface area contributed by atoms with Crippen LogP contribution in [-0.2, 0) is 0 Å². The van der Waals surface area contributed by atoms with Crippen LogP contribution in [0, 0.1) is 5.92 Å². The predicted octanol–water partition coefficient (Wildman–Crippen LogP) is 3.19. The normalized spacial score (nSPS) is 20.8. The highest BCUT2D eigenvalue weighted by atomic mass is 79.9. The quantitative estimate of drug-likeness (QED) is 0.752. The SMILES string of the molecule is CCNC(CCN1CCC(CCO)C1)c1cccc(Br)c1. The number of hydrogen-bond acceptors (Lipinski definition) is 3. The minimum atomic E-state index is 0.330. The Balaban J connectivity index is 1.86. The van der Waals surface area contributed by atoms with Gasteiger partial charge in [-0.05, 0) is 62.5 Å². The van der Waals surface area contributed by atoms with Gasteiger partial charge < -0.3 is 15.3 Å². The fourth-order valence-electron chi connectivity index (χ4n) is 3.20. The first-order chi connectivity index (χ1) is 10.2. The molecule has 0 aromatic heterocycles. The van der Waals surface area contributed by atoms with Gasteiger partial charge in [-0.2, -0.15) is 0 Å². The van der Waals surface area contributed by atoms with E-state index in [9.17, 15) is 0 Å². The maximum atomic E-state index is 9.04. The Morgan fingerprint density at radius 1 is 1.48 bits per heavy atom. The third-order valence-corrected chi connectivity index (χ3v) is 4.84.